The molecule has 27 heavy (non-hydrogen) atoms. The van der Waals surface area contributed by atoms with E-state index in [1.807, 2.05) is 6.07 Å². The van der Waals surface area contributed by atoms with Gasteiger partial charge in [-0.05, 0) is 35.1 Å². The fourth-order valence-electron chi connectivity index (χ4n) is 3.20. The highest BCUT2D eigenvalue weighted by Crippen LogP contribution is 2.34. The monoisotopic (exact) mass is 400 g/mol. The molecule has 152 valence electrons. The molecule has 1 N–H and O–H groups in total. The number of fused-ring (bicyclic) bond motifs is 1. The third-order valence-corrected chi connectivity index (χ3v) is 6.71. The van der Waals surface area contributed by atoms with Crippen LogP contribution < -0.4 is 9.47 Å². The van der Waals surface area contributed by atoms with Crippen molar-refractivity contribution in [2.45, 2.75) is 39.8 Å². The number of benzene rings is 1. The van der Waals surface area contributed by atoms with Crippen molar-refractivity contribution >= 4 is 16.4 Å². The molecule has 0 aliphatic carbocycles. The third-order valence-electron chi connectivity index (χ3n) is 4.87. The molecule has 1 aliphatic rings. The largest absolute Gasteiger partial charge is 0.493 e. The van der Waals surface area contributed by atoms with Gasteiger partial charge in [0.05, 0.1) is 26.0 Å². The van der Waals surface area contributed by atoms with Crippen molar-refractivity contribution in [2.24, 2.45) is 5.41 Å². The molecule has 0 saturated carbocycles. The highest BCUT2D eigenvalue weighted by atomic mass is 32.2. The molecule has 0 bridgehead atoms. The minimum Gasteiger partial charge on any atom is -0.493 e. The Hall–Kier alpha value is -1.84. The molecular formula is C18H28N2O6S. The van der Waals surface area contributed by atoms with Crippen LogP contribution in [0.5, 0.6) is 11.5 Å². The molecular weight excluding hydrogens is 372 g/mol. The number of hydrogen-bond acceptors (Lipinski definition) is 6. The van der Waals surface area contributed by atoms with Crippen LogP contribution in [0.2, 0.25) is 0 Å². The maximum atomic E-state index is 13.0. The van der Waals surface area contributed by atoms with Crippen LogP contribution in [0, 0.1) is 5.41 Å². The van der Waals surface area contributed by atoms with Crippen LogP contribution in [-0.2, 0) is 27.8 Å². The molecule has 8 nitrogen and oxygen atoms in total. The minimum absolute atomic E-state index is 0.210. The fraction of sp³-hybridized carbons (Fsp3) is 0.611. The van der Waals surface area contributed by atoms with Gasteiger partial charge in [-0.25, -0.2) is 13.5 Å². The average Bonchev–Trinajstić information content (AvgIpc) is 2.62. The first-order valence-electron chi connectivity index (χ1n) is 8.67. The van der Waals surface area contributed by atoms with Crippen LogP contribution in [0.4, 0.5) is 0 Å². The Morgan fingerprint density at radius 1 is 1.22 bits per heavy atom. The number of rotatable bonds is 7. The molecule has 0 radical (unpaired) electrons. The van der Waals surface area contributed by atoms with Crippen molar-refractivity contribution in [3.63, 3.8) is 0 Å². The molecule has 1 heterocycles. The maximum Gasteiger partial charge on any atom is 0.233 e. The number of ether oxygens (including phenoxy) is 2. The van der Waals surface area contributed by atoms with Gasteiger partial charge in [-0.1, -0.05) is 20.8 Å². The smallest absolute Gasteiger partial charge is 0.233 e. The van der Waals surface area contributed by atoms with E-state index in [9.17, 15) is 18.4 Å². The zero-order chi connectivity index (χ0) is 20.4. The van der Waals surface area contributed by atoms with Gasteiger partial charge >= 0.3 is 0 Å². The van der Waals surface area contributed by atoms with Gasteiger partial charge in [0.15, 0.2) is 11.5 Å². The number of hydrogen-bond donors (Lipinski definition) is 1. The van der Waals surface area contributed by atoms with E-state index < -0.39 is 21.5 Å². The van der Waals surface area contributed by atoms with Crippen molar-refractivity contribution in [1.82, 2.24) is 9.37 Å². The van der Waals surface area contributed by atoms with E-state index >= 15 is 0 Å². The SMILES string of the molecule is COc1cc2c(cc1OC)CN(S(=O)(=O)CC(N(O)C=O)C(C)(C)C)CC2. The molecule has 0 aromatic heterocycles. The summed E-state index contributed by atoms with van der Waals surface area (Å²) >= 11 is 0. The predicted octanol–water partition coefficient (Wildman–Crippen LogP) is 1.65. The lowest BCUT2D eigenvalue weighted by Crippen LogP contribution is -2.49. The molecule has 1 amide bonds. The molecule has 1 aromatic rings. The number of hydroxylamine groups is 2. The molecule has 2 rings (SSSR count). The first-order valence-corrected chi connectivity index (χ1v) is 10.3. The normalized spacial score (nSPS) is 16.4. The van der Waals surface area contributed by atoms with Gasteiger partial charge in [0.2, 0.25) is 16.4 Å². The zero-order valence-corrected chi connectivity index (χ0v) is 17.2. The Bertz CT molecular complexity index is 788. The summed E-state index contributed by atoms with van der Waals surface area (Å²) in [6, 6.07) is 2.81. The molecule has 0 saturated heterocycles. The molecule has 1 atom stereocenters. The van der Waals surface area contributed by atoms with Gasteiger partial charge in [0.25, 0.3) is 0 Å². The Morgan fingerprint density at radius 2 is 1.78 bits per heavy atom. The summed E-state index contributed by atoms with van der Waals surface area (Å²) in [5, 5.41) is 10.3. The molecule has 0 fully saturated rings. The molecule has 0 spiro atoms. The van der Waals surface area contributed by atoms with Gasteiger partial charge in [-0.3, -0.25) is 10.0 Å². The fourth-order valence-corrected chi connectivity index (χ4v) is 5.16. The van der Waals surface area contributed by atoms with Crippen LogP contribution >= 0.6 is 0 Å². The van der Waals surface area contributed by atoms with Crippen LogP contribution in [0.1, 0.15) is 31.9 Å². The summed E-state index contributed by atoms with van der Waals surface area (Å²) in [5.41, 5.74) is 1.27. The number of carbonyl (C=O) groups excluding carboxylic acids is 1. The minimum atomic E-state index is -3.70. The van der Waals surface area contributed by atoms with Gasteiger partial charge in [-0.2, -0.15) is 4.31 Å². The highest BCUT2D eigenvalue weighted by Gasteiger charge is 2.37. The van der Waals surface area contributed by atoms with E-state index in [0.29, 0.717) is 29.5 Å². The second kappa shape index (κ2) is 8.04. The summed E-state index contributed by atoms with van der Waals surface area (Å²) in [6.07, 6.45) is 0.791. The van der Waals surface area contributed by atoms with Gasteiger partial charge in [-0.15, -0.1) is 0 Å². The van der Waals surface area contributed by atoms with Crippen molar-refractivity contribution in [3.05, 3.63) is 23.3 Å². The maximum absolute atomic E-state index is 13.0. The number of nitrogens with zero attached hydrogens (tertiary/aromatic N) is 2. The number of amides is 1. The molecule has 1 unspecified atom stereocenters. The van der Waals surface area contributed by atoms with Crippen molar-refractivity contribution < 1.29 is 27.9 Å². The Morgan fingerprint density at radius 3 is 2.26 bits per heavy atom. The van der Waals surface area contributed by atoms with Gasteiger partial charge in [0.1, 0.15) is 0 Å². The van der Waals surface area contributed by atoms with E-state index in [2.05, 4.69) is 0 Å². The zero-order valence-electron chi connectivity index (χ0n) is 16.4. The summed E-state index contributed by atoms with van der Waals surface area (Å²) < 4.78 is 37.9. The first-order chi connectivity index (χ1) is 12.5. The van der Waals surface area contributed by atoms with E-state index in [0.717, 1.165) is 11.1 Å². The van der Waals surface area contributed by atoms with Crippen LogP contribution in [0.3, 0.4) is 0 Å². The van der Waals surface area contributed by atoms with E-state index in [1.165, 1.54) is 11.4 Å². The highest BCUT2D eigenvalue weighted by molar-refractivity contribution is 7.89. The summed E-state index contributed by atoms with van der Waals surface area (Å²) in [4.78, 5) is 11.0. The second-order valence-electron chi connectivity index (χ2n) is 7.71. The quantitative estimate of drug-likeness (QED) is 0.425. The van der Waals surface area contributed by atoms with E-state index in [4.69, 9.17) is 9.47 Å². The first kappa shape index (κ1) is 21.5. The van der Waals surface area contributed by atoms with Gasteiger partial charge < -0.3 is 9.47 Å². The summed E-state index contributed by atoms with van der Waals surface area (Å²) in [6.45, 7) is 5.88. The van der Waals surface area contributed by atoms with Crippen molar-refractivity contribution in [3.8, 4) is 11.5 Å². The van der Waals surface area contributed by atoms with E-state index in [-0.39, 0.29) is 18.7 Å². The standard InChI is InChI=1S/C18H28N2O6S/c1-18(2,3)17(20(22)12-21)11-27(23,24)19-7-6-13-8-15(25-4)16(26-5)9-14(13)10-19/h8-9,12,17,22H,6-7,10-11H2,1-5H3. The van der Waals surface area contributed by atoms with Crippen LogP contribution in [0.15, 0.2) is 12.1 Å². The van der Waals surface area contributed by atoms with Crippen molar-refractivity contribution in [1.29, 1.82) is 0 Å². The lowest BCUT2D eigenvalue weighted by molar-refractivity contribution is -0.167. The topological polar surface area (TPSA) is 96.4 Å². The summed E-state index contributed by atoms with van der Waals surface area (Å²) in [7, 11) is -0.606. The second-order valence-corrected chi connectivity index (χ2v) is 9.72. The summed E-state index contributed by atoms with van der Waals surface area (Å²) in [5.74, 6) is 0.807. The number of sulfonamides is 1. The van der Waals surface area contributed by atoms with Crippen LogP contribution in [0.25, 0.3) is 0 Å². The van der Waals surface area contributed by atoms with Crippen LogP contribution in [-0.4, -0.2) is 62.0 Å². The molecule has 9 heteroatoms. The predicted molar refractivity (Wildman–Crippen MR) is 100 cm³/mol. The Kier molecular flexibility index (Phi) is 6.39. The Balaban J connectivity index is 2.27. The third kappa shape index (κ3) is 4.72. The lowest BCUT2D eigenvalue weighted by Gasteiger charge is -2.36. The lowest BCUT2D eigenvalue weighted by atomic mass is 9.88. The molecule has 1 aliphatic heterocycles. The van der Waals surface area contributed by atoms with E-state index in [1.54, 1.807) is 33.9 Å². The molecule has 1 aromatic carbocycles. The van der Waals surface area contributed by atoms with Gasteiger partial charge in [0, 0.05) is 13.1 Å². The Labute approximate surface area is 160 Å². The number of carbonyl (C=O) groups is 1. The van der Waals surface area contributed by atoms with Crippen molar-refractivity contribution in [2.75, 3.05) is 26.5 Å². The average molecular weight is 400 g/mol. The number of methoxy groups -OCH3 is 2.